The lowest BCUT2D eigenvalue weighted by Gasteiger charge is -2.00. The fourth-order valence-corrected chi connectivity index (χ4v) is 1.36. The van der Waals surface area contributed by atoms with Gasteiger partial charge in [-0.3, -0.25) is 0 Å². The maximum Gasteiger partial charge on any atom is 0.0639 e. The van der Waals surface area contributed by atoms with Crippen molar-refractivity contribution in [2.24, 2.45) is 0 Å². The van der Waals surface area contributed by atoms with E-state index in [4.69, 9.17) is 5.11 Å². The van der Waals surface area contributed by atoms with E-state index in [1.807, 2.05) is 13.0 Å². The van der Waals surface area contributed by atoms with E-state index in [-0.39, 0.29) is 6.61 Å². The van der Waals surface area contributed by atoms with Crippen molar-refractivity contribution in [2.75, 3.05) is 6.61 Å². The Kier molecular flexibility index (Phi) is 8.93. The highest BCUT2D eigenvalue weighted by atomic mass is 16.3. The van der Waals surface area contributed by atoms with Crippen LogP contribution in [0.25, 0.3) is 0 Å². The van der Waals surface area contributed by atoms with Gasteiger partial charge >= 0.3 is 0 Å². The van der Waals surface area contributed by atoms with Gasteiger partial charge in [-0.25, -0.2) is 0 Å². The van der Waals surface area contributed by atoms with Crippen LogP contribution in [0.4, 0.5) is 0 Å². The van der Waals surface area contributed by atoms with Crippen LogP contribution in [0.5, 0.6) is 0 Å². The maximum atomic E-state index is 8.83. The Balaban J connectivity index is 3.80. The molecule has 0 unspecified atom stereocenters. The highest BCUT2D eigenvalue weighted by molar-refractivity contribution is 5.06. The summed E-state index contributed by atoms with van der Waals surface area (Å²) in [6, 6.07) is 0. The van der Waals surface area contributed by atoms with Crippen molar-refractivity contribution in [3.63, 3.8) is 0 Å². The second-order valence-electron chi connectivity index (χ2n) is 4.39. The smallest absolute Gasteiger partial charge is 0.0639 e. The van der Waals surface area contributed by atoms with Gasteiger partial charge in [-0.2, -0.15) is 0 Å². The van der Waals surface area contributed by atoms with E-state index in [1.54, 1.807) is 0 Å². The van der Waals surface area contributed by atoms with Gasteiger partial charge in [0, 0.05) is 0 Å². The lowest BCUT2D eigenvalue weighted by Crippen LogP contribution is -1.84. The number of aliphatic hydroxyl groups is 1. The molecule has 0 atom stereocenters. The van der Waals surface area contributed by atoms with Crippen LogP contribution in [0.15, 0.2) is 34.9 Å². The van der Waals surface area contributed by atoms with E-state index < -0.39 is 0 Å². The van der Waals surface area contributed by atoms with Crippen LogP contribution in [0.1, 0.15) is 46.5 Å². The zero-order chi connectivity index (χ0) is 12.4. The van der Waals surface area contributed by atoms with E-state index >= 15 is 0 Å². The summed E-state index contributed by atoms with van der Waals surface area (Å²) in [4.78, 5) is 0. The van der Waals surface area contributed by atoms with Gasteiger partial charge in [0.1, 0.15) is 0 Å². The molecule has 91 valence electrons. The molecule has 0 aromatic carbocycles. The molecular formula is C15H25O. The maximum absolute atomic E-state index is 8.83. The predicted molar refractivity (Wildman–Crippen MR) is 72.2 cm³/mol. The summed E-state index contributed by atoms with van der Waals surface area (Å²) in [6.07, 6.45) is 10.7. The minimum atomic E-state index is 0.177. The van der Waals surface area contributed by atoms with Gasteiger partial charge in [-0.15, -0.1) is 0 Å². The molecule has 1 radical (unpaired) electrons. The molecular weight excluding hydrogens is 196 g/mol. The molecule has 0 aliphatic carbocycles. The van der Waals surface area contributed by atoms with Crippen LogP contribution in [-0.2, 0) is 0 Å². The summed E-state index contributed by atoms with van der Waals surface area (Å²) in [6.45, 7) is 10.2. The number of hydrogen-bond donors (Lipinski definition) is 1. The molecule has 0 fully saturated rings. The van der Waals surface area contributed by atoms with Crippen molar-refractivity contribution in [3.8, 4) is 0 Å². The molecule has 0 rings (SSSR count). The Morgan fingerprint density at radius 3 is 1.94 bits per heavy atom. The van der Waals surface area contributed by atoms with E-state index in [0.29, 0.717) is 0 Å². The average molecular weight is 221 g/mol. The Morgan fingerprint density at radius 2 is 1.44 bits per heavy atom. The van der Waals surface area contributed by atoms with Gasteiger partial charge in [0.15, 0.2) is 0 Å². The summed E-state index contributed by atoms with van der Waals surface area (Å²) in [5, 5.41) is 8.83. The average Bonchev–Trinajstić information content (AvgIpc) is 2.28. The minimum absolute atomic E-state index is 0.177. The second kappa shape index (κ2) is 9.41. The quantitative estimate of drug-likeness (QED) is 0.638. The van der Waals surface area contributed by atoms with Crippen LogP contribution in [0.2, 0.25) is 0 Å². The Labute approximate surface area is 101 Å². The van der Waals surface area contributed by atoms with Gasteiger partial charge in [0.25, 0.3) is 0 Å². The van der Waals surface area contributed by atoms with E-state index in [0.717, 1.165) is 31.3 Å². The number of allylic oxidation sites excluding steroid dienone is 5. The second-order valence-corrected chi connectivity index (χ2v) is 4.39. The molecule has 0 spiro atoms. The molecule has 0 heterocycles. The number of hydrogen-bond acceptors (Lipinski definition) is 1. The SMILES string of the molecule is [CH2]/C=C(\C)CC/C=C(\C)CC/C=C(\C)CO. The summed E-state index contributed by atoms with van der Waals surface area (Å²) < 4.78 is 0. The first-order valence-electron chi connectivity index (χ1n) is 5.97. The minimum Gasteiger partial charge on any atom is -0.392 e. The van der Waals surface area contributed by atoms with E-state index in [2.05, 4.69) is 32.9 Å². The van der Waals surface area contributed by atoms with Gasteiger partial charge < -0.3 is 5.11 Å². The van der Waals surface area contributed by atoms with Crippen molar-refractivity contribution in [1.29, 1.82) is 0 Å². The first kappa shape index (κ1) is 15.2. The Morgan fingerprint density at radius 1 is 0.938 bits per heavy atom. The third-order valence-corrected chi connectivity index (χ3v) is 2.66. The Bertz CT molecular complexity index is 269. The van der Waals surface area contributed by atoms with Gasteiger partial charge in [0.05, 0.1) is 6.61 Å². The van der Waals surface area contributed by atoms with Crippen molar-refractivity contribution < 1.29 is 5.11 Å². The zero-order valence-corrected chi connectivity index (χ0v) is 10.9. The van der Waals surface area contributed by atoms with E-state index in [9.17, 15) is 0 Å². The monoisotopic (exact) mass is 221 g/mol. The van der Waals surface area contributed by atoms with Crippen LogP contribution in [0, 0.1) is 6.92 Å². The highest BCUT2D eigenvalue weighted by Gasteiger charge is 1.91. The lowest BCUT2D eigenvalue weighted by molar-refractivity contribution is 0.331. The zero-order valence-electron chi connectivity index (χ0n) is 10.9. The molecule has 0 bridgehead atoms. The van der Waals surface area contributed by atoms with Crippen molar-refractivity contribution in [3.05, 3.63) is 41.9 Å². The van der Waals surface area contributed by atoms with Crippen molar-refractivity contribution in [1.82, 2.24) is 0 Å². The van der Waals surface area contributed by atoms with Crippen LogP contribution in [-0.4, -0.2) is 11.7 Å². The molecule has 0 aliphatic rings. The molecule has 0 saturated carbocycles. The topological polar surface area (TPSA) is 20.2 Å². The molecule has 16 heavy (non-hydrogen) atoms. The molecule has 0 aromatic heterocycles. The van der Waals surface area contributed by atoms with Crippen molar-refractivity contribution >= 4 is 0 Å². The fraction of sp³-hybridized carbons (Fsp3) is 0.533. The summed E-state index contributed by atoms with van der Waals surface area (Å²) in [5.74, 6) is 0. The summed E-state index contributed by atoms with van der Waals surface area (Å²) in [5.41, 5.74) is 3.84. The van der Waals surface area contributed by atoms with Gasteiger partial charge in [-0.1, -0.05) is 34.9 Å². The van der Waals surface area contributed by atoms with Crippen LogP contribution in [0.3, 0.4) is 0 Å². The molecule has 0 amide bonds. The third-order valence-electron chi connectivity index (χ3n) is 2.66. The van der Waals surface area contributed by atoms with Crippen LogP contribution < -0.4 is 0 Å². The molecule has 0 aliphatic heterocycles. The Hall–Kier alpha value is -0.820. The number of rotatable bonds is 7. The number of aliphatic hydroxyl groups excluding tert-OH is 1. The normalized spacial score (nSPS) is 14.4. The first-order valence-corrected chi connectivity index (χ1v) is 5.97. The van der Waals surface area contributed by atoms with Gasteiger partial charge in [-0.05, 0) is 53.4 Å². The van der Waals surface area contributed by atoms with E-state index in [1.165, 1.54) is 11.1 Å². The van der Waals surface area contributed by atoms with Crippen LogP contribution >= 0.6 is 0 Å². The molecule has 1 N–H and O–H groups in total. The fourth-order valence-electron chi connectivity index (χ4n) is 1.36. The van der Waals surface area contributed by atoms with Gasteiger partial charge in [0.2, 0.25) is 0 Å². The lowest BCUT2D eigenvalue weighted by atomic mass is 10.1. The largest absolute Gasteiger partial charge is 0.392 e. The molecule has 1 nitrogen and oxygen atoms in total. The highest BCUT2D eigenvalue weighted by Crippen LogP contribution is 2.10. The summed E-state index contributed by atoms with van der Waals surface area (Å²) in [7, 11) is 0. The predicted octanol–water partition coefficient (Wildman–Crippen LogP) is 4.21. The summed E-state index contributed by atoms with van der Waals surface area (Å²) >= 11 is 0. The first-order chi connectivity index (χ1) is 7.60. The standard InChI is InChI=1S/C15H25O/c1-5-13(2)8-6-9-14(3)10-7-11-15(4)12-16/h5,9,11,16H,1,6-8,10,12H2,2-4H3/b13-5+,14-9+,15-11+. The molecule has 0 aromatic rings. The molecule has 1 heteroatoms. The third kappa shape index (κ3) is 8.49. The molecule has 0 saturated heterocycles. The van der Waals surface area contributed by atoms with Crippen molar-refractivity contribution in [2.45, 2.75) is 46.5 Å².